The summed E-state index contributed by atoms with van der Waals surface area (Å²) in [5.41, 5.74) is 3.89. The molecule has 5 rings (SSSR count). The maximum absolute atomic E-state index is 14.4. The number of carbonyl (C=O) groups is 1. The zero-order chi connectivity index (χ0) is 32.2. The van der Waals surface area contributed by atoms with E-state index in [-0.39, 0.29) is 24.6 Å². The van der Waals surface area contributed by atoms with Gasteiger partial charge in [0, 0.05) is 14.7 Å². The summed E-state index contributed by atoms with van der Waals surface area (Å²) in [5.74, 6) is 0.0929. The number of ether oxygens (including phenoxy) is 2. The molecule has 1 aliphatic rings. The van der Waals surface area contributed by atoms with Gasteiger partial charge in [0.25, 0.3) is 5.56 Å². The van der Waals surface area contributed by atoms with E-state index < -0.39 is 12.0 Å². The van der Waals surface area contributed by atoms with Crippen LogP contribution in [0, 0.1) is 13.0 Å². The van der Waals surface area contributed by atoms with Crippen LogP contribution in [-0.4, -0.2) is 17.1 Å². The van der Waals surface area contributed by atoms with E-state index in [4.69, 9.17) is 14.5 Å². The molecule has 0 saturated heterocycles. The van der Waals surface area contributed by atoms with Gasteiger partial charge >= 0.3 is 5.97 Å². The summed E-state index contributed by atoms with van der Waals surface area (Å²) in [6.45, 7) is 8.32. The monoisotopic (exact) mass is 850 g/mol. The first-order valence-corrected chi connectivity index (χ1v) is 17.8. The van der Waals surface area contributed by atoms with E-state index in [1.165, 1.54) is 17.4 Å². The average molecular weight is 851 g/mol. The van der Waals surface area contributed by atoms with Crippen molar-refractivity contribution in [2.45, 2.75) is 59.1 Å². The maximum atomic E-state index is 14.4. The number of carbonyl (C=O) groups excluding carboxylic acids is 1. The molecule has 0 saturated carbocycles. The largest absolute Gasteiger partial charge is 0.487 e. The lowest BCUT2D eigenvalue weighted by molar-refractivity contribution is -0.139. The molecule has 10 heteroatoms. The minimum atomic E-state index is -0.682. The summed E-state index contributed by atoms with van der Waals surface area (Å²) in [4.78, 5) is 33.2. The zero-order valence-corrected chi connectivity index (χ0v) is 30.5. The topological polar surface area (TPSA) is 69.9 Å². The van der Waals surface area contributed by atoms with E-state index in [1.54, 1.807) is 35.8 Å². The Morgan fingerprint density at radius 1 is 1.11 bits per heavy atom. The van der Waals surface area contributed by atoms with Gasteiger partial charge in [0.1, 0.15) is 18.2 Å². The van der Waals surface area contributed by atoms with Gasteiger partial charge in [-0.1, -0.05) is 81.0 Å². The Balaban J connectivity index is 1.68. The second-order valence-corrected chi connectivity index (χ2v) is 14.3. The molecule has 1 aromatic heterocycles. The molecule has 3 aromatic carbocycles. The molecule has 6 nitrogen and oxygen atoms in total. The molecule has 0 N–H and O–H groups in total. The first kappa shape index (κ1) is 33.5. The van der Waals surface area contributed by atoms with Gasteiger partial charge in [-0.3, -0.25) is 9.36 Å². The number of halogens is 3. The molecule has 0 unspecified atom stereocenters. The van der Waals surface area contributed by atoms with Gasteiger partial charge in [0.2, 0.25) is 0 Å². The van der Waals surface area contributed by atoms with E-state index in [2.05, 4.69) is 59.0 Å². The van der Waals surface area contributed by atoms with Crippen molar-refractivity contribution in [1.82, 2.24) is 4.57 Å². The van der Waals surface area contributed by atoms with Gasteiger partial charge in [-0.25, -0.2) is 14.2 Å². The van der Waals surface area contributed by atoms with Crippen molar-refractivity contribution in [3.05, 3.63) is 127 Å². The standard InChI is InChI=1S/C35H33FI2N2O4S/c1-5-9-28-30(34(42)43-6-2)31(22-14-12-21(13-15-22)20(3)4)40-33(41)29(45-35(40)39-28)17-24-16-25(37)18-27(38)32(24)44-19-23-10-7-8-11-26(23)36/h7-8,10-18,20,31H,5-6,9,19H2,1-4H3/b29-17-/t31-/m1/s1. The Kier molecular flexibility index (Phi) is 11.0. The fourth-order valence-electron chi connectivity index (χ4n) is 5.25. The van der Waals surface area contributed by atoms with Gasteiger partial charge in [-0.05, 0) is 99.8 Å². The van der Waals surface area contributed by atoms with Crippen molar-refractivity contribution in [1.29, 1.82) is 0 Å². The molecule has 234 valence electrons. The van der Waals surface area contributed by atoms with Crippen LogP contribution in [0.3, 0.4) is 0 Å². The van der Waals surface area contributed by atoms with Crippen LogP contribution >= 0.6 is 56.5 Å². The van der Waals surface area contributed by atoms with Crippen LogP contribution in [0.25, 0.3) is 6.08 Å². The van der Waals surface area contributed by atoms with Gasteiger partial charge in [0.15, 0.2) is 4.80 Å². The number of hydrogen-bond acceptors (Lipinski definition) is 6. The second-order valence-electron chi connectivity index (χ2n) is 10.9. The average Bonchev–Trinajstić information content (AvgIpc) is 3.31. The number of fused-ring (bicyclic) bond motifs is 1. The number of rotatable bonds is 10. The van der Waals surface area contributed by atoms with Crippen molar-refractivity contribution in [3.8, 4) is 5.75 Å². The van der Waals surface area contributed by atoms with Crippen LogP contribution in [0.2, 0.25) is 0 Å². The predicted octanol–water partition coefficient (Wildman–Crippen LogP) is 7.63. The molecule has 0 radical (unpaired) electrons. The maximum Gasteiger partial charge on any atom is 0.338 e. The predicted molar refractivity (Wildman–Crippen MR) is 193 cm³/mol. The van der Waals surface area contributed by atoms with Crippen molar-refractivity contribution in [2.75, 3.05) is 6.61 Å². The highest BCUT2D eigenvalue weighted by molar-refractivity contribution is 14.1. The number of esters is 1. The molecule has 2 heterocycles. The summed E-state index contributed by atoms with van der Waals surface area (Å²) in [5, 5.41) is 0. The first-order chi connectivity index (χ1) is 21.6. The number of nitrogens with zero attached hydrogens (tertiary/aromatic N) is 2. The molecule has 0 amide bonds. The highest BCUT2D eigenvalue weighted by Gasteiger charge is 2.34. The minimum Gasteiger partial charge on any atom is -0.487 e. The number of thiazole rings is 1. The number of hydrogen-bond donors (Lipinski definition) is 0. The van der Waals surface area contributed by atoms with Gasteiger partial charge in [-0.15, -0.1) is 0 Å². The van der Waals surface area contributed by atoms with E-state index in [1.807, 2.05) is 43.3 Å². The molecule has 4 aromatic rings. The third kappa shape index (κ3) is 7.27. The van der Waals surface area contributed by atoms with E-state index >= 15 is 0 Å². The fourth-order valence-corrected chi connectivity index (χ4v) is 8.30. The lowest BCUT2D eigenvalue weighted by Gasteiger charge is -2.26. The summed E-state index contributed by atoms with van der Waals surface area (Å²) in [6.07, 6.45) is 3.15. The van der Waals surface area contributed by atoms with Crippen molar-refractivity contribution >= 4 is 68.6 Å². The molecule has 0 spiro atoms. The van der Waals surface area contributed by atoms with Gasteiger partial charge in [-0.2, -0.15) is 0 Å². The van der Waals surface area contributed by atoms with Gasteiger partial charge < -0.3 is 9.47 Å². The minimum absolute atomic E-state index is 0.0427. The summed E-state index contributed by atoms with van der Waals surface area (Å²) >= 11 is 5.71. The lowest BCUT2D eigenvalue weighted by atomic mass is 9.92. The summed E-state index contributed by atoms with van der Waals surface area (Å²) in [7, 11) is 0. The Bertz CT molecular complexity index is 1950. The molecule has 1 atom stereocenters. The Morgan fingerprint density at radius 2 is 1.84 bits per heavy atom. The Morgan fingerprint density at radius 3 is 2.51 bits per heavy atom. The zero-order valence-electron chi connectivity index (χ0n) is 25.4. The number of aromatic nitrogens is 1. The summed E-state index contributed by atoms with van der Waals surface area (Å²) < 4.78 is 29.9. The Hall–Kier alpha value is -2.84. The van der Waals surface area contributed by atoms with E-state index in [0.717, 1.165) is 24.7 Å². The van der Waals surface area contributed by atoms with Gasteiger partial charge in [0.05, 0.1) is 32.0 Å². The Labute approximate surface area is 293 Å². The van der Waals surface area contributed by atoms with Crippen LogP contribution in [0.15, 0.2) is 81.7 Å². The van der Waals surface area contributed by atoms with E-state index in [9.17, 15) is 14.0 Å². The molecule has 45 heavy (non-hydrogen) atoms. The second kappa shape index (κ2) is 14.7. The number of allylic oxidation sites excluding steroid dienone is 1. The van der Waals surface area contributed by atoms with Crippen molar-refractivity contribution in [2.24, 2.45) is 4.99 Å². The normalized spacial score (nSPS) is 14.8. The molecular formula is C35H33FI2N2O4S. The summed E-state index contributed by atoms with van der Waals surface area (Å²) in [6, 6.07) is 17.8. The number of benzene rings is 3. The lowest BCUT2D eigenvalue weighted by Crippen LogP contribution is -2.40. The van der Waals surface area contributed by atoms with Crippen molar-refractivity contribution < 1.29 is 18.7 Å². The van der Waals surface area contributed by atoms with E-state index in [0.29, 0.717) is 49.8 Å². The van der Waals surface area contributed by atoms with Crippen molar-refractivity contribution in [3.63, 3.8) is 0 Å². The third-order valence-electron chi connectivity index (χ3n) is 7.46. The molecule has 1 aliphatic heterocycles. The van der Waals surface area contributed by atoms with Crippen LogP contribution in [0.1, 0.15) is 74.8 Å². The smallest absolute Gasteiger partial charge is 0.338 e. The quantitative estimate of drug-likeness (QED) is 0.122. The van der Waals surface area contributed by atoms with Crippen LogP contribution in [0.4, 0.5) is 4.39 Å². The SMILES string of the molecule is CCCC1=C(C(=O)OCC)[C@@H](c2ccc(C(C)C)cc2)n2c(s/c(=C\c3cc(I)cc(I)c3OCc3ccccc3F)c2=O)=N1. The molecule has 0 fully saturated rings. The molecule has 0 bridgehead atoms. The van der Waals surface area contributed by atoms with Crippen LogP contribution in [-0.2, 0) is 16.1 Å². The molecular weight excluding hydrogens is 817 g/mol. The molecule has 0 aliphatic carbocycles. The highest BCUT2D eigenvalue weighted by Crippen LogP contribution is 2.34. The van der Waals surface area contributed by atoms with Crippen LogP contribution in [0.5, 0.6) is 5.75 Å². The fraction of sp³-hybridized carbons (Fsp3) is 0.286. The highest BCUT2D eigenvalue weighted by atomic mass is 127. The first-order valence-electron chi connectivity index (χ1n) is 14.8. The van der Waals surface area contributed by atoms with Crippen LogP contribution < -0.4 is 19.6 Å². The third-order valence-corrected chi connectivity index (χ3v) is 9.87.